The zero-order valence-electron chi connectivity index (χ0n) is 8.74. The molecule has 0 aliphatic heterocycles. The van der Waals surface area contributed by atoms with Gasteiger partial charge in [-0.3, -0.25) is 4.79 Å². The molecule has 0 aromatic rings. The second-order valence-corrected chi connectivity index (χ2v) is 2.48. The fraction of sp³-hybridized carbons (Fsp3) is 0.700. The molecule has 0 saturated carbocycles. The van der Waals surface area contributed by atoms with Gasteiger partial charge in [0.2, 0.25) is 5.91 Å². The van der Waals surface area contributed by atoms with Gasteiger partial charge < -0.3 is 5.32 Å². The highest BCUT2D eigenvalue weighted by Crippen LogP contribution is 1.87. The third kappa shape index (κ3) is 11.9. The largest absolute Gasteiger partial charge is 0.352 e. The maximum Gasteiger partial charge on any atom is 0.220 e. The first-order valence-electron chi connectivity index (χ1n) is 4.58. The molecule has 0 radical (unpaired) electrons. The Labute approximate surface area is 76.1 Å². The molecule has 2 nitrogen and oxygen atoms in total. The number of hydrogen-bond acceptors (Lipinski definition) is 1. The van der Waals surface area contributed by atoms with Gasteiger partial charge in [-0.15, -0.1) is 0 Å². The highest BCUT2D eigenvalue weighted by molar-refractivity contribution is 5.75. The van der Waals surface area contributed by atoms with Crippen molar-refractivity contribution < 1.29 is 4.79 Å². The predicted molar refractivity (Wildman–Crippen MR) is 54.1 cm³/mol. The summed E-state index contributed by atoms with van der Waals surface area (Å²) in [4.78, 5) is 10.8. The predicted octanol–water partition coefficient (Wildman–Crippen LogP) is 2.51. The number of nitrogens with one attached hydrogen (secondary N) is 1. The third-order valence-corrected chi connectivity index (χ3v) is 1.06. The van der Waals surface area contributed by atoms with Crippen molar-refractivity contribution in [1.29, 1.82) is 0 Å². The van der Waals surface area contributed by atoms with Crippen molar-refractivity contribution in [2.24, 2.45) is 0 Å². The number of hydrogen-bond donors (Lipinski definition) is 1. The highest BCUT2D eigenvalue weighted by atomic mass is 16.1. The molecule has 1 amide bonds. The quantitative estimate of drug-likeness (QED) is 0.647. The van der Waals surface area contributed by atoms with E-state index >= 15 is 0 Å². The van der Waals surface area contributed by atoms with Crippen LogP contribution in [0.1, 0.15) is 40.5 Å². The van der Waals surface area contributed by atoms with Gasteiger partial charge in [0, 0.05) is 13.0 Å². The van der Waals surface area contributed by atoms with Crippen LogP contribution in [0.15, 0.2) is 12.2 Å². The van der Waals surface area contributed by atoms with Crippen LogP contribution in [0.5, 0.6) is 0 Å². The number of carbonyl (C=O) groups excluding carboxylic acids is 1. The normalized spacial score (nSPS) is 8.00. The second kappa shape index (κ2) is 10.2. The maximum absolute atomic E-state index is 10.8. The Morgan fingerprint density at radius 2 is 1.92 bits per heavy atom. The zero-order chi connectivity index (χ0) is 9.98. The van der Waals surface area contributed by atoms with Gasteiger partial charge in [0.05, 0.1) is 0 Å². The van der Waals surface area contributed by atoms with Gasteiger partial charge in [-0.2, -0.15) is 0 Å². The van der Waals surface area contributed by atoms with Gasteiger partial charge in [0.25, 0.3) is 0 Å². The molecule has 12 heavy (non-hydrogen) atoms. The Morgan fingerprint density at radius 1 is 1.42 bits per heavy atom. The lowest BCUT2D eigenvalue weighted by Crippen LogP contribution is -2.24. The molecule has 72 valence electrons. The summed E-state index contributed by atoms with van der Waals surface area (Å²) in [6, 6.07) is 0. The van der Waals surface area contributed by atoms with Crippen LogP contribution >= 0.6 is 0 Å². The minimum absolute atomic E-state index is 0.116. The van der Waals surface area contributed by atoms with Crippen molar-refractivity contribution in [3.05, 3.63) is 12.2 Å². The lowest BCUT2D eigenvalue weighted by molar-refractivity contribution is -0.120. The summed E-state index contributed by atoms with van der Waals surface area (Å²) in [5.74, 6) is 0.116. The Kier molecular flexibility index (Phi) is 11.7. The van der Waals surface area contributed by atoms with Crippen molar-refractivity contribution in [3.63, 3.8) is 0 Å². The molecule has 0 saturated heterocycles. The zero-order valence-corrected chi connectivity index (χ0v) is 8.74. The maximum atomic E-state index is 10.8. The van der Waals surface area contributed by atoms with E-state index in [1.165, 1.54) is 0 Å². The van der Waals surface area contributed by atoms with E-state index in [-0.39, 0.29) is 5.91 Å². The van der Waals surface area contributed by atoms with Crippen molar-refractivity contribution in [3.8, 4) is 0 Å². The number of amides is 1. The minimum atomic E-state index is 0.116. The van der Waals surface area contributed by atoms with Crippen molar-refractivity contribution in [1.82, 2.24) is 5.32 Å². The first-order valence-corrected chi connectivity index (χ1v) is 4.58. The first kappa shape index (κ1) is 13.8. The molecule has 0 heterocycles. The summed E-state index contributed by atoms with van der Waals surface area (Å²) in [6.45, 7) is 12.2. The van der Waals surface area contributed by atoms with Gasteiger partial charge in [-0.25, -0.2) is 0 Å². The summed E-state index contributed by atoms with van der Waals surface area (Å²) in [6.07, 6.45) is 1.52. The molecule has 0 aliphatic carbocycles. The third-order valence-electron chi connectivity index (χ3n) is 1.06. The lowest BCUT2D eigenvalue weighted by Gasteiger charge is -2.01. The van der Waals surface area contributed by atoms with E-state index in [4.69, 9.17) is 0 Å². The van der Waals surface area contributed by atoms with Crippen molar-refractivity contribution in [2.75, 3.05) is 6.54 Å². The highest BCUT2D eigenvalue weighted by Gasteiger charge is 1.95. The first-order chi connectivity index (χ1) is 5.66. The second-order valence-electron chi connectivity index (χ2n) is 2.48. The van der Waals surface area contributed by atoms with E-state index in [0.717, 1.165) is 12.0 Å². The molecular formula is C10H21NO. The van der Waals surface area contributed by atoms with E-state index in [9.17, 15) is 4.79 Å². The molecule has 0 bridgehead atoms. The smallest absolute Gasteiger partial charge is 0.220 e. The van der Waals surface area contributed by atoms with Crippen LogP contribution < -0.4 is 5.32 Å². The molecule has 0 spiro atoms. The topological polar surface area (TPSA) is 29.1 Å². The van der Waals surface area contributed by atoms with Gasteiger partial charge in [-0.05, 0) is 13.3 Å². The molecule has 0 aliphatic rings. The lowest BCUT2D eigenvalue weighted by atomic mass is 10.3. The molecule has 0 rings (SSSR count). The standard InChI is InChI=1S/C8H15NO.C2H6/c1-4-5-8(10)9-6-7(2)3;1-2/h2,4-6H2,1,3H3,(H,9,10);1-2H3. The van der Waals surface area contributed by atoms with Crippen LogP contribution in [0, 0.1) is 0 Å². The van der Waals surface area contributed by atoms with E-state index in [1.54, 1.807) is 0 Å². The Morgan fingerprint density at radius 3 is 2.25 bits per heavy atom. The van der Waals surface area contributed by atoms with Gasteiger partial charge in [0.1, 0.15) is 0 Å². The SMILES string of the molecule is C=C(C)CNC(=O)CCC.CC. The van der Waals surface area contributed by atoms with E-state index in [1.807, 2.05) is 27.7 Å². The van der Waals surface area contributed by atoms with Crippen LogP contribution in [-0.2, 0) is 4.79 Å². The molecule has 0 aromatic carbocycles. The fourth-order valence-electron chi connectivity index (χ4n) is 0.565. The van der Waals surface area contributed by atoms with Crippen LogP contribution in [0.3, 0.4) is 0 Å². The molecule has 1 N–H and O–H groups in total. The molecule has 2 heteroatoms. The van der Waals surface area contributed by atoms with Crippen molar-refractivity contribution in [2.45, 2.75) is 40.5 Å². The number of rotatable bonds is 4. The van der Waals surface area contributed by atoms with Gasteiger partial charge in [0.15, 0.2) is 0 Å². The summed E-state index contributed by atoms with van der Waals surface area (Å²) < 4.78 is 0. The van der Waals surface area contributed by atoms with Crippen LogP contribution in [0.25, 0.3) is 0 Å². The average Bonchev–Trinajstić information content (AvgIpc) is 2.05. The van der Waals surface area contributed by atoms with Crippen molar-refractivity contribution >= 4 is 5.91 Å². The van der Waals surface area contributed by atoms with E-state index < -0.39 is 0 Å². The minimum Gasteiger partial charge on any atom is -0.352 e. The molecule has 0 aromatic heterocycles. The molecular weight excluding hydrogens is 150 g/mol. The molecule has 0 unspecified atom stereocenters. The Hall–Kier alpha value is -0.790. The van der Waals surface area contributed by atoms with E-state index in [0.29, 0.717) is 13.0 Å². The Bertz CT molecular complexity index is 130. The number of carbonyl (C=O) groups is 1. The summed E-state index contributed by atoms with van der Waals surface area (Å²) >= 11 is 0. The van der Waals surface area contributed by atoms with Crippen LogP contribution in [-0.4, -0.2) is 12.5 Å². The monoisotopic (exact) mass is 171 g/mol. The van der Waals surface area contributed by atoms with Crippen LogP contribution in [0.4, 0.5) is 0 Å². The average molecular weight is 171 g/mol. The van der Waals surface area contributed by atoms with Gasteiger partial charge >= 0.3 is 0 Å². The van der Waals surface area contributed by atoms with Gasteiger partial charge in [-0.1, -0.05) is 32.9 Å². The van der Waals surface area contributed by atoms with E-state index in [2.05, 4.69) is 11.9 Å². The summed E-state index contributed by atoms with van der Waals surface area (Å²) in [5, 5.41) is 2.74. The fourth-order valence-corrected chi connectivity index (χ4v) is 0.565. The summed E-state index contributed by atoms with van der Waals surface area (Å²) in [5.41, 5.74) is 0.990. The Balaban J connectivity index is 0. The molecule has 0 atom stereocenters. The molecule has 0 fully saturated rings. The van der Waals surface area contributed by atoms with Crippen LogP contribution in [0.2, 0.25) is 0 Å². The summed E-state index contributed by atoms with van der Waals surface area (Å²) in [7, 11) is 0.